The standard InChI is InChI=1S/C16H23FN2O2/c1-21-12-7-8-13(17)15(10-12)19-16(20)14(18)9-11-5-3-2-4-6-11/h7-8,10-11,14H,2-6,9,18H2,1H3,(H,19,20). The molecule has 1 aliphatic rings. The third kappa shape index (κ3) is 4.43. The van der Waals surface area contributed by atoms with Crippen molar-refractivity contribution in [1.29, 1.82) is 0 Å². The Kier molecular flexibility index (Phi) is 5.56. The molecule has 1 amide bonds. The van der Waals surface area contributed by atoms with Gasteiger partial charge in [0.2, 0.25) is 5.91 Å². The van der Waals surface area contributed by atoms with E-state index in [1.54, 1.807) is 0 Å². The number of anilines is 1. The molecule has 1 aliphatic carbocycles. The first-order valence-electron chi connectivity index (χ1n) is 7.50. The predicted octanol–water partition coefficient (Wildman–Crippen LogP) is 3.07. The van der Waals surface area contributed by atoms with Crippen LogP contribution in [0.2, 0.25) is 0 Å². The molecular weight excluding hydrogens is 271 g/mol. The van der Waals surface area contributed by atoms with Crippen LogP contribution in [0.4, 0.5) is 10.1 Å². The number of nitrogens with two attached hydrogens (primary N) is 1. The fraction of sp³-hybridized carbons (Fsp3) is 0.562. The molecule has 21 heavy (non-hydrogen) atoms. The van der Waals surface area contributed by atoms with Gasteiger partial charge in [0.15, 0.2) is 0 Å². The van der Waals surface area contributed by atoms with Crippen molar-refractivity contribution in [2.24, 2.45) is 11.7 Å². The van der Waals surface area contributed by atoms with Gasteiger partial charge in [-0.3, -0.25) is 4.79 Å². The van der Waals surface area contributed by atoms with Gasteiger partial charge in [-0.05, 0) is 24.5 Å². The lowest BCUT2D eigenvalue weighted by atomic mass is 9.85. The van der Waals surface area contributed by atoms with Gasteiger partial charge >= 0.3 is 0 Å². The van der Waals surface area contributed by atoms with Gasteiger partial charge in [0.1, 0.15) is 11.6 Å². The van der Waals surface area contributed by atoms with Crippen molar-refractivity contribution in [2.45, 2.75) is 44.6 Å². The molecule has 1 saturated carbocycles. The fourth-order valence-electron chi connectivity index (χ4n) is 2.84. The number of halogens is 1. The highest BCUT2D eigenvalue weighted by Gasteiger charge is 2.22. The number of nitrogens with one attached hydrogen (secondary N) is 1. The van der Waals surface area contributed by atoms with Crippen LogP contribution in [-0.4, -0.2) is 19.1 Å². The molecule has 0 aliphatic heterocycles. The second kappa shape index (κ2) is 7.41. The van der Waals surface area contributed by atoms with Crippen molar-refractivity contribution in [1.82, 2.24) is 0 Å². The zero-order chi connectivity index (χ0) is 15.2. The Labute approximate surface area is 124 Å². The number of hydrogen-bond acceptors (Lipinski definition) is 3. The molecule has 1 aromatic carbocycles. The van der Waals surface area contributed by atoms with Crippen molar-refractivity contribution in [3.05, 3.63) is 24.0 Å². The number of methoxy groups -OCH3 is 1. The van der Waals surface area contributed by atoms with Crippen LogP contribution in [0.15, 0.2) is 18.2 Å². The Morgan fingerprint density at radius 2 is 2.14 bits per heavy atom. The van der Waals surface area contributed by atoms with Crippen molar-refractivity contribution >= 4 is 11.6 Å². The maximum Gasteiger partial charge on any atom is 0.241 e. The zero-order valence-electron chi connectivity index (χ0n) is 12.4. The fourth-order valence-corrected chi connectivity index (χ4v) is 2.84. The highest BCUT2D eigenvalue weighted by Crippen LogP contribution is 2.27. The van der Waals surface area contributed by atoms with E-state index in [9.17, 15) is 9.18 Å². The van der Waals surface area contributed by atoms with E-state index in [0.29, 0.717) is 18.1 Å². The molecule has 0 saturated heterocycles. The molecule has 5 heteroatoms. The molecule has 0 heterocycles. The molecule has 116 valence electrons. The van der Waals surface area contributed by atoms with Crippen LogP contribution in [-0.2, 0) is 4.79 Å². The molecule has 3 N–H and O–H groups in total. The van der Waals surface area contributed by atoms with E-state index >= 15 is 0 Å². The van der Waals surface area contributed by atoms with E-state index in [1.165, 1.54) is 44.6 Å². The molecule has 2 rings (SSSR count). The Bertz CT molecular complexity index is 487. The summed E-state index contributed by atoms with van der Waals surface area (Å²) in [5.41, 5.74) is 6.06. The summed E-state index contributed by atoms with van der Waals surface area (Å²) in [4.78, 5) is 12.1. The van der Waals surface area contributed by atoms with Gasteiger partial charge in [-0.15, -0.1) is 0 Å². The Balaban J connectivity index is 1.93. The van der Waals surface area contributed by atoms with Gasteiger partial charge in [-0.25, -0.2) is 4.39 Å². The van der Waals surface area contributed by atoms with Gasteiger partial charge < -0.3 is 15.8 Å². The quantitative estimate of drug-likeness (QED) is 0.877. The minimum Gasteiger partial charge on any atom is -0.497 e. The summed E-state index contributed by atoms with van der Waals surface area (Å²) in [5, 5.41) is 2.56. The number of carbonyl (C=O) groups is 1. The third-order valence-corrected chi connectivity index (χ3v) is 4.08. The van der Waals surface area contributed by atoms with Crippen LogP contribution in [0.5, 0.6) is 5.75 Å². The van der Waals surface area contributed by atoms with Crippen LogP contribution in [0.25, 0.3) is 0 Å². The molecule has 0 radical (unpaired) electrons. The van der Waals surface area contributed by atoms with Gasteiger partial charge in [0, 0.05) is 6.07 Å². The number of carbonyl (C=O) groups excluding carboxylic acids is 1. The summed E-state index contributed by atoms with van der Waals surface area (Å²) >= 11 is 0. The Hall–Kier alpha value is -1.62. The molecule has 1 fully saturated rings. The summed E-state index contributed by atoms with van der Waals surface area (Å²) in [6.07, 6.45) is 6.63. The topological polar surface area (TPSA) is 64.3 Å². The number of benzene rings is 1. The summed E-state index contributed by atoms with van der Waals surface area (Å²) in [5.74, 6) is 0.170. The SMILES string of the molecule is COc1ccc(F)c(NC(=O)C(N)CC2CCCCC2)c1. The normalized spacial score (nSPS) is 17.3. The van der Waals surface area contributed by atoms with Gasteiger partial charge in [-0.1, -0.05) is 32.1 Å². The molecule has 4 nitrogen and oxygen atoms in total. The van der Waals surface area contributed by atoms with E-state index in [1.807, 2.05) is 0 Å². The van der Waals surface area contributed by atoms with Crippen LogP contribution >= 0.6 is 0 Å². The summed E-state index contributed by atoms with van der Waals surface area (Å²) < 4.78 is 18.7. The van der Waals surface area contributed by atoms with Crippen LogP contribution < -0.4 is 15.8 Å². The third-order valence-electron chi connectivity index (χ3n) is 4.08. The van der Waals surface area contributed by atoms with Crippen molar-refractivity contribution in [3.63, 3.8) is 0 Å². The second-order valence-corrected chi connectivity index (χ2v) is 5.68. The lowest BCUT2D eigenvalue weighted by Crippen LogP contribution is -2.37. The lowest BCUT2D eigenvalue weighted by Gasteiger charge is -2.24. The first kappa shape index (κ1) is 15.8. The molecule has 0 bridgehead atoms. The van der Waals surface area contributed by atoms with E-state index in [4.69, 9.17) is 10.5 Å². The first-order chi connectivity index (χ1) is 10.1. The number of hydrogen-bond donors (Lipinski definition) is 2. The van der Waals surface area contributed by atoms with E-state index in [0.717, 1.165) is 12.8 Å². The molecule has 0 aromatic heterocycles. The van der Waals surface area contributed by atoms with Gasteiger partial charge in [-0.2, -0.15) is 0 Å². The lowest BCUT2D eigenvalue weighted by molar-refractivity contribution is -0.117. The Morgan fingerprint density at radius 1 is 1.43 bits per heavy atom. The summed E-state index contributed by atoms with van der Waals surface area (Å²) in [6.45, 7) is 0. The Morgan fingerprint density at radius 3 is 2.81 bits per heavy atom. The minimum atomic E-state index is -0.598. The summed E-state index contributed by atoms with van der Waals surface area (Å²) in [7, 11) is 1.49. The second-order valence-electron chi connectivity index (χ2n) is 5.68. The number of amides is 1. The van der Waals surface area contributed by atoms with E-state index in [-0.39, 0.29) is 11.6 Å². The zero-order valence-corrected chi connectivity index (χ0v) is 12.4. The van der Waals surface area contributed by atoms with E-state index < -0.39 is 11.9 Å². The predicted molar refractivity (Wildman–Crippen MR) is 80.7 cm³/mol. The van der Waals surface area contributed by atoms with Gasteiger partial charge in [0.25, 0.3) is 0 Å². The highest BCUT2D eigenvalue weighted by atomic mass is 19.1. The molecular formula is C16H23FN2O2. The average Bonchev–Trinajstić information content (AvgIpc) is 2.50. The van der Waals surface area contributed by atoms with Crippen molar-refractivity contribution in [2.75, 3.05) is 12.4 Å². The molecule has 1 atom stereocenters. The van der Waals surface area contributed by atoms with Crippen LogP contribution in [0.1, 0.15) is 38.5 Å². The maximum atomic E-state index is 13.7. The highest BCUT2D eigenvalue weighted by molar-refractivity contribution is 5.94. The maximum absolute atomic E-state index is 13.7. The largest absolute Gasteiger partial charge is 0.497 e. The minimum absolute atomic E-state index is 0.110. The molecule has 1 unspecified atom stereocenters. The average molecular weight is 294 g/mol. The smallest absolute Gasteiger partial charge is 0.241 e. The van der Waals surface area contributed by atoms with Crippen LogP contribution in [0, 0.1) is 11.7 Å². The van der Waals surface area contributed by atoms with Crippen molar-refractivity contribution < 1.29 is 13.9 Å². The van der Waals surface area contributed by atoms with Crippen LogP contribution in [0.3, 0.4) is 0 Å². The van der Waals surface area contributed by atoms with E-state index in [2.05, 4.69) is 5.32 Å². The van der Waals surface area contributed by atoms with Gasteiger partial charge in [0.05, 0.1) is 18.8 Å². The number of ether oxygens (including phenoxy) is 1. The monoisotopic (exact) mass is 294 g/mol. The molecule has 1 aromatic rings. The molecule has 0 spiro atoms. The summed E-state index contributed by atoms with van der Waals surface area (Å²) in [6, 6.07) is 3.63. The number of rotatable bonds is 5. The first-order valence-corrected chi connectivity index (χ1v) is 7.50. The van der Waals surface area contributed by atoms with Crippen molar-refractivity contribution in [3.8, 4) is 5.75 Å².